The number of hydrogen-bond donors (Lipinski definition) is 3. The van der Waals surface area contributed by atoms with Crippen LogP contribution in [-0.2, 0) is 4.79 Å². The van der Waals surface area contributed by atoms with E-state index >= 15 is 0 Å². The van der Waals surface area contributed by atoms with Crippen molar-refractivity contribution in [3.63, 3.8) is 0 Å². The summed E-state index contributed by atoms with van der Waals surface area (Å²) >= 11 is 0. The molecule has 1 saturated heterocycles. The number of nitrogens with one attached hydrogen (secondary N) is 1. The molecule has 1 heterocycles. The maximum atomic E-state index is 12.1. The van der Waals surface area contributed by atoms with Gasteiger partial charge in [-0.1, -0.05) is 30.3 Å². The van der Waals surface area contributed by atoms with Crippen molar-refractivity contribution in [2.75, 3.05) is 13.1 Å². The molecule has 108 valence electrons. The summed E-state index contributed by atoms with van der Waals surface area (Å²) in [7, 11) is 0. The summed E-state index contributed by atoms with van der Waals surface area (Å²) in [4.78, 5) is 25.0. The van der Waals surface area contributed by atoms with E-state index in [2.05, 4.69) is 5.32 Å². The highest BCUT2D eigenvalue weighted by Crippen LogP contribution is 2.15. The molecule has 1 aromatic rings. The number of urea groups is 1. The van der Waals surface area contributed by atoms with Gasteiger partial charge >= 0.3 is 12.0 Å². The lowest BCUT2D eigenvalue weighted by atomic mass is 10.1. The molecule has 0 spiro atoms. The van der Waals surface area contributed by atoms with Crippen molar-refractivity contribution < 1.29 is 14.7 Å². The van der Waals surface area contributed by atoms with E-state index in [4.69, 9.17) is 5.73 Å². The van der Waals surface area contributed by atoms with Crippen molar-refractivity contribution in [2.45, 2.75) is 24.9 Å². The summed E-state index contributed by atoms with van der Waals surface area (Å²) in [5.74, 6) is -1.08. The number of benzene rings is 1. The second-order valence-corrected chi connectivity index (χ2v) is 4.98. The monoisotopic (exact) mass is 277 g/mol. The Morgan fingerprint density at radius 1 is 1.35 bits per heavy atom. The third kappa shape index (κ3) is 3.48. The first-order chi connectivity index (χ1) is 9.58. The molecule has 1 aliphatic heterocycles. The number of carboxylic acids is 1. The van der Waals surface area contributed by atoms with Gasteiger partial charge in [0.15, 0.2) is 6.04 Å². The van der Waals surface area contributed by atoms with Gasteiger partial charge in [-0.15, -0.1) is 0 Å². The van der Waals surface area contributed by atoms with Gasteiger partial charge in [0.25, 0.3) is 0 Å². The molecular formula is C14H19N3O3. The predicted molar refractivity (Wildman–Crippen MR) is 74.1 cm³/mol. The van der Waals surface area contributed by atoms with Crippen LogP contribution in [0.4, 0.5) is 4.79 Å². The first kappa shape index (κ1) is 14.3. The molecule has 4 N–H and O–H groups in total. The van der Waals surface area contributed by atoms with E-state index in [-0.39, 0.29) is 12.1 Å². The number of carbonyl (C=O) groups is 2. The lowest BCUT2D eigenvalue weighted by molar-refractivity contribution is -0.139. The fourth-order valence-corrected chi connectivity index (χ4v) is 2.34. The fourth-order valence-electron chi connectivity index (χ4n) is 2.34. The van der Waals surface area contributed by atoms with E-state index < -0.39 is 12.0 Å². The smallest absolute Gasteiger partial charge is 0.330 e. The molecule has 0 aromatic heterocycles. The molecule has 1 unspecified atom stereocenters. The van der Waals surface area contributed by atoms with Crippen LogP contribution in [0.25, 0.3) is 0 Å². The molecule has 0 radical (unpaired) electrons. The maximum absolute atomic E-state index is 12.1. The zero-order valence-corrected chi connectivity index (χ0v) is 11.2. The minimum absolute atomic E-state index is 0.0329. The Labute approximate surface area is 117 Å². The first-order valence-corrected chi connectivity index (χ1v) is 6.66. The van der Waals surface area contributed by atoms with Crippen molar-refractivity contribution in [1.82, 2.24) is 10.2 Å². The highest BCUT2D eigenvalue weighted by atomic mass is 16.4. The Kier molecular flexibility index (Phi) is 4.57. The highest BCUT2D eigenvalue weighted by molar-refractivity contribution is 5.83. The van der Waals surface area contributed by atoms with Crippen LogP contribution in [0, 0.1) is 0 Å². The van der Waals surface area contributed by atoms with Gasteiger partial charge < -0.3 is 21.1 Å². The maximum Gasteiger partial charge on any atom is 0.330 e. The summed E-state index contributed by atoms with van der Waals surface area (Å²) < 4.78 is 0. The highest BCUT2D eigenvalue weighted by Gasteiger charge is 2.27. The fraction of sp³-hybridized carbons (Fsp3) is 0.429. The Morgan fingerprint density at radius 2 is 2.05 bits per heavy atom. The van der Waals surface area contributed by atoms with Gasteiger partial charge in [-0.25, -0.2) is 9.59 Å². The zero-order valence-electron chi connectivity index (χ0n) is 11.2. The molecule has 0 bridgehead atoms. The molecule has 2 atom stereocenters. The normalized spacial score (nSPS) is 20.2. The number of likely N-dealkylation sites (tertiary alicyclic amines) is 1. The van der Waals surface area contributed by atoms with E-state index in [1.165, 1.54) is 0 Å². The standard InChI is InChI=1S/C14H19N3O3/c15-11-7-4-8-17(9-11)14(20)16-12(13(18)19)10-5-2-1-3-6-10/h1-3,5-6,11-12H,4,7-9,15H2,(H,16,20)(H,18,19)/t11?,12-/m0/s1. The average Bonchev–Trinajstić information content (AvgIpc) is 2.45. The number of piperidine rings is 1. The molecular weight excluding hydrogens is 258 g/mol. The third-order valence-corrected chi connectivity index (χ3v) is 3.39. The molecule has 0 aliphatic carbocycles. The number of carboxylic acid groups (broad SMARTS) is 1. The molecule has 1 aromatic carbocycles. The summed E-state index contributed by atoms with van der Waals surface area (Å²) in [6.45, 7) is 1.08. The van der Waals surface area contributed by atoms with Crippen LogP contribution in [0.15, 0.2) is 30.3 Å². The zero-order chi connectivity index (χ0) is 14.5. The van der Waals surface area contributed by atoms with Gasteiger partial charge in [-0.05, 0) is 18.4 Å². The van der Waals surface area contributed by atoms with Crippen LogP contribution in [0.1, 0.15) is 24.4 Å². The van der Waals surface area contributed by atoms with Crippen molar-refractivity contribution in [1.29, 1.82) is 0 Å². The summed E-state index contributed by atoms with van der Waals surface area (Å²) in [5, 5.41) is 11.8. The van der Waals surface area contributed by atoms with Crippen LogP contribution in [0.3, 0.4) is 0 Å². The largest absolute Gasteiger partial charge is 0.479 e. The quantitative estimate of drug-likeness (QED) is 0.766. The molecule has 0 saturated carbocycles. The lowest BCUT2D eigenvalue weighted by Crippen LogP contribution is -2.51. The topological polar surface area (TPSA) is 95.7 Å². The minimum Gasteiger partial charge on any atom is -0.479 e. The number of nitrogens with two attached hydrogens (primary N) is 1. The Bertz CT molecular complexity index is 478. The van der Waals surface area contributed by atoms with Gasteiger partial charge in [0.2, 0.25) is 0 Å². The van der Waals surface area contributed by atoms with Crippen LogP contribution < -0.4 is 11.1 Å². The number of carbonyl (C=O) groups excluding carboxylic acids is 1. The minimum atomic E-state index is -1.08. The van der Waals surface area contributed by atoms with E-state index in [0.29, 0.717) is 18.7 Å². The molecule has 1 aliphatic rings. The molecule has 2 rings (SSSR count). The number of hydrogen-bond acceptors (Lipinski definition) is 3. The van der Waals surface area contributed by atoms with Crippen molar-refractivity contribution in [3.8, 4) is 0 Å². The van der Waals surface area contributed by atoms with Gasteiger partial charge in [-0.2, -0.15) is 0 Å². The van der Waals surface area contributed by atoms with E-state index in [0.717, 1.165) is 12.8 Å². The summed E-state index contributed by atoms with van der Waals surface area (Å²) in [6, 6.07) is 7.20. The first-order valence-electron chi connectivity index (χ1n) is 6.66. The SMILES string of the molecule is NC1CCCN(C(=O)N[C@H](C(=O)O)c2ccccc2)C1. The van der Waals surface area contributed by atoms with E-state index in [1.54, 1.807) is 35.2 Å². The lowest BCUT2D eigenvalue weighted by Gasteiger charge is -2.31. The summed E-state index contributed by atoms with van der Waals surface area (Å²) in [6.07, 6.45) is 1.74. The number of amides is 2. The van der Waals surface area contributed by atoms with Gasteiger partial charge in [-0.3, -0.25) is 0 Å². The van der Waals surface area contributed by atoms with Crippen molar-refractivity contribution >= 4 is 12.0 Å². The second-order valence-electron chi connectivity index (χ2n) is 4.98. The molecule has 6 heteroatoms. The van der Waals surface area contributed by atoms with Gasteiger partial charge in [0.1, 0.15) is 0 Å². The molecule has 2 amide bonds. The van der Waals surface area contributed by atoms with Crippen LogP contribution >= 0.6 is 0 Å². The second kappa shape index (κ2) is 6.38. The number of aliphatic carboxylic acids is 1. The van der Waals surface area contributed by atoms with Crippen LogP contribution in [-0.4, -0.2) is 41.1 Å². The average molecular weight is 277 g/mol. The van der Waals surface area contributed by atoms with Crippen LogP contribution in [0.5, 0.6) is 0 Å². The van der Waals surface area contributed by atoms with Gasteiger partial charge in [0, 0.05) is 19.1 Å². The number of nitrogens with zero attached hydrogens (tertiary/aromatic N) is 1. The van der Waals surface area contributed by atoms with E-state index in [9.17, 15) is 14.7 Å². The Balaban J connectivity index is 2.05. The third-order valence-electron chi connectivity index (χ3n) is 3.39. The Hall–Kier alpha value is -2.08. The van der Waals surface area contributed by atoms with Crippen molar-refractivity contribution in [3.05, 3.63) is 35.9 Å². The van der Waals surface area contributed by atoms with E-state index in [1.807, 2.05) is 0 Å². The van der Waals surface area contributed by atoms with Crippen LogP contribution in [0.2, 0.25) is 0 Å². The predicted octanol–water partition coefficient (Wildman–Crippen LogP) is 0.945. The Morgan fingerprint density at radius 3 is 2.65 bits per heavy atom. The molecule has 6 nitrogen and oxygen atoms in total. The number of rotatable bonds is 3. The molecule has 20 heavy (non-hydrogen) atoms. The van der Waals surface area contributed by atoms with Crippen molar-refractivity contribution in [2.24, 2.45) is 5.73 Å². The summed E-state index contributed by atoms with van der Waals surface area (Å²) in [5.41, 5.74) is 6.38. The molecule has 1 fully saturated rings. The van der Waals surface area contributed by atoms with Gasteiger partial charge in [0.05, 0.1) is 0 Å².